The molecule has 4 N–H and O–H groups in total. The first kappa shape index (κ1) is 12.1. The molecule has 0 bridgehead atoms. The smallest absolute Gasteiger partial charge is 0.145 e. The van der Waals surface area contributed by atoms with Gasteiger partial charge in [-0.05, 0) is 25.7 Å². The van der Waals surface area contributed by atoms with E-state index in [-0.39, 0.29) is 6.61 Å². The molecule has 0 aromatic carbocycles. The van der Waals surface area contributed by atoms with Gasteiger partial charge in [0, 0.05) is 25.8 Å². The van der Waals surface area contributed by atoms with Gasteiger partial charge >= 0.3 is 0 Å². The van der Waals surface area contributed by atoms with Gasteiger partial charge in [-0.25, -0.2) is 15.8 Å². The van der Waals surface area contributed by atoms with Gasteiger partial charge in [0.1, 0.15) is 17.5 Å². The molecule has 6 heteroatoms. The van der Waals surface area contributed by atoms with E-state index in [1.165, 1.54) is 0 Å². The number of nitrogens with one attached hydrogen (secondary N) is 1. The van der Waals surface area contributed by atoms with E-state index < -0.39 is 0 Å². The fraction of sp³-hybridized carbons (Fsp3) is 0.636. The Labute approximate surface area is 101 Å². The molecule has 17 heavy (non-hydrogen) atoms. The third-order valence-electron chi connectivity index (χ3n) is 3.07. The lowest BCUT2D eigenvalue weighted by Gasteiger charge is -2.32. The number of anilines is 2. The topological polar surface area (TPSA) is 87.3 Å². The molecule has 94 valence electrons. The van der Waals surface area contributed by atoms with E-state index in [9.17, 15) is 5.11 Å². The normalized spacial score (nSPS) is 20.4. The quantitative estimate of drug-likeness (QED) is 0.517. The van der Waals surface area contributed by atoms with Crippen LogP contribution in [-0.4, -0.2) is 34.8 Å². The van der Waals surface area contributed by atoms with Crippen LogP contribution >= 0.6 is 0 Å². The zero-order valence-electron chi connectivity index (χ0n) is 10.1. The van der Waals surface area contributed by atoms with Crippen molar-refractivity contribution in [3.05, 3.63) is 11.9 Å². The van der Waals surface area contributed by atoms with Gasteiger partial charge in [-0.1, -0.05) is 0 Å². The average Bonchev–Trinajstić information content (AvgIpc) is 2.38. The SMILES string of the molecule is Cc1nc(NN)cc(N2CCCC(CO)C2)n1. The van der Waals surface area contributed by atoms with Crippen molar-refractivity contribution >= 4 is 11.6 Å². The van der Waals surface area contributed by atoms with E-state index in [1.807, 2.05) is 13.0 Å². The van der Waals surface area contributed by atoms with Crippen LogP contribution in [0.1, 0.15) is 18.7 Å². The molecule has 1 atom stereocenters. The number of aryl methyl sites for hydroxylation is 1. The molecule has 0 aliphatic carbocycles. The molecule has 1 fully saturated rings. The third-order valence-corrected chi connectivity index (χ3v) is 3.07. The van der Waals surface area contributed by atoms with Crippen LogP contribution in [-0.2, 0) is 0 Å². The molecule has 2 heterocycles. The number of rotatable bonds is 3. The molecular weight excluding hydrogens is 218 g/mol. The molecule has 1 unspecified atom stereocenters. The minimum atomic E-state index is 0.239. The van der Waals surface area contributed by atoms with Crippen LogP contribution in [0.15, 0.2) is 6.07 Å². The van der Waals surface area contributed by atoms with Crippen molar-refractivity contribution in [1.29, 1.82) is 0 Å². The summed E-state index contributed by atoms with van der Waals surface area (Å²) in [4.78, 5) is 10.8. The van der Waals surface area contributed by atoms with Crippen molar-refractivity contribution < 1.29 is 5.11 Å². The number of hydrazine groups is 1. The molecule has 0 spiro atoms. The molecule has 0 radical (unpaired) electrons. The molecule has 1 aliphatic heterocycles. The maximum absolute atomic E-state index is 9.22. The molecule has 1 aromatic rings. The number of nitrogen functional groups attached to an aromatic ring is 1. The standard InChI is InChI=1S/C11H19N5O/c1-8-13-10(15-12)5-11(14-8)16-4-2-3-9(6-16)7-17/h5,9,17H,2-4,6-7,12H2,1H3,(H,13,14,15). The van der Waals surface area contributed by atoms with Gasteiger partial charge in [0.2, 0.25) is 0 Å². The molecule has 6 nitrogen and oxygen atoms in total. The summed E-state index contributed by atoms with van der Waals surface area (Å²) in [7, 11) is 0. The lowest BCUT2D eigenvalue weighted by atomic mass is 9.99. The summed E-state index contributed by atoms with van der Waals surface area (Å²) in [6.45, 7) is 3.90. The summed E-state index contributed by atoms with van der Waals surface area (Å²) in [5.74, 6) is 7.91. The number of piperidine rings is 1. The van der Waals surface area contributed by atoms with Crippen LogP contribution in [0.25, 0.3) is 0 Å². The number of nitrogens with two attached hydrogens (primary N) is 1. The van der Waals surface area contributed by atoms with Crippen LogP contribution in [0.3, 0.4) is 0 Å². The van der Waals surface area contributed by atoms with Crippen LogP contribution in [0.4, 0.5) is 11.6 Å². The monoisotopic (exact) mass is 237 g/mol. The Morgan fingerprint density at radius 1 is 1.59 bits per heavy atom. The highest BCUT2D eigenvalue weighted by Crippen LogP contribution is 2.22. The van der Waals surface area contributed by atoms with E-state index in [0.29, 0.717) is 17.6 Å². The molecule has 1 aliphatic rings. The van der Waals surface area contributed by atoms with E-state index in [2.05, 4.69) is 20.3 Å². The van der Waals surface area contributed by atoms with Crippen molar-refractivity contribution in [1.82, 2.24) is 9.97 Å². The van der Waals surface area contributed by atoms with Crippen LogP contribution in [0, 0.1) is 12.8 Å². The van der Waals surface area contributed by atoms with Gasteiger partial charge < -0.3 is 15.4 Å². The van der Waals surface area contributed by atoms with E-state index in [0.717, 1.165) is 31.7 Å². The molecule has 1 saturated heterocycles. The molecule has 0 saturated carbocycles. The Morgan fingerprint density at radius 3 is 3.12 bits per heavy atom. The Morgan fingerprint density at radius 2 is 2.41 bits per heavy atom. The Bertz CT molecular complexity index is 384. The second-order valence-corrected chi connectivity index (χ2v) is 4.44. The van der Waals surface area contributed by atoms with Gasteiger partial charge in [0.25, 0.3) is 0 Å². The maximum Gasteiger partial charge on any atom is 0.145 e. The van der Waals surface area contributed by atoms with Crippen molar-refractivity contribution in [2.75, 3.05) is 30.0 Å². The number of aliphatic hydroxyl groups is 1. The van der Waals surface area contributed by atoms with Gasteiger partial charge in [-0.3, -0.25) is 0 Å². The fourth-order valence-electron chi connectivity index (χ4n) is 2.21. The molecule has 2 rings (SSSR count). The van der Waals surface area contributed by atoms with Gasteiger partial charge in [-0.15, -0.1) is 0 Å². The Balaban J connectivity index is 2.18. The minimum Gasteiger partial charge on any atom is -0.396 e. The van der Waals surface area contributed by atoms with E-state index in [4.69, 9.17) is 5.84 Å². The molecule has 0 amide bonds. The molecular formula is C11H19N5O. The predicted molar refractivity (Wildman–Crippen MR) is 66.6 cm³/mol. The number of hydrogen-bond acceptors (Lipinski definition) is 6. The maximum atomic E-state index is 9.22. The van der Waals surface area contributed by atoms with Crippen molar-refractivity contribution in [2.45, 2.75) is 19.8 Å². The summed E-state index contributed by atoms with van der Waals surface area (Å²) in [5.41, 5.74) is 2.55. The zero-order chi connectivity index (χ0) is 12.3. The molecule has 1 aromatic heterocycles. The van der Waals surface area contributed by atoms with Gasteiger partial charge in [-0.2, -0.15) is 0 Å². The minimum absolute atomic E-state index is 0.239. The van der Waals surface area contributed by atoms with Crippen molar-refractivity contribution in [2.24, 2.45) is 11.8 Å². The van der Waals surface area contributed by atoms with Gasteiger partial charge in [0.15, 0.2) is 0 Å². The summed E-state index contributed by atoms with van der Waals surface area (Å²) in [6, 6.07) is 1.84. The average molecular weight is 237 g/mol. The largest absolute Gasteiger partial charge is 0.396 e. The van der Waals surface area contributed by atoms with Gasteiger partial charge in [0.05, 0.1) is 0 Å². The second kappa shape index (κ2) is 5.29. The number of aromatic nitrogens is 2. The van der Waals surface area contributed by atoms with E-state index >= 15 is 0 Å². The fourth-order valence-corrected chi connectivity index (χ4v) is 2.21. The van der Waals surface area contributed by atoms with Crippen LogP contribution < -0.4 is 16.2 Å². The third kappa shape index (κ3) is 2.83. The van der Waals surface area contributed by atoms with Crippen LogP contribution in [0.5, 0.6) is 0 Å². The number of hydrogen-bond donors (Lipinski definition) is 3. The lowest BCUT2D eigenvalue weighted by Crippen LogP contribution is -2.37. The zero-order valence-corrected chi connectivity index (χ0v) is 10.1. The Kier molecular flexibility index (Phi) is 3.75. The highest BCUT2D eigenvalue weighted by atomic mass is 16.3. The van der Waals surface area contributed by atoms with Crippen LogP contribution in [0.2, 0.25) is 0 Å². The first-order chi connectivity index (χ1) is 8.22. The van der Waals surface area contributed by atoms with Crippen molar-refractivity contribution in [3.63, 3.8) is 0 Å². The number of nitrogens with zero attached hydrogens (tertiary/aromatic N) is 3. The Hall–Kier alpha value is -1.40. The number of aliphatic hydroxyl groups excluding tert-OH is 1. The summed E-state index contributed by atoms with van der Waals surface area (Å²) >= 11 is 0. The first-order valence-corrected chi connectivity index (χ1v) is 5.91. The summed E-state index contributed by atoms with van der Waals surface area (Å²) in [5, 5.41) is 9.22. The summed E-state index contributed by atoms with van der Waals surface area (Å²) in [6.07, 6.45) is 2.17. The first-order valence-electron chi connectivity index (χ1n) is 5.91. The predicted octanol–water partition coefficient (Wildman–Crippen LogP) is 0.279. The lowest BCUT2D eigenvalue weighted by molar-refractivity contribution is 0.208. The summed E-state index contributed by atoms with van der Waals surface area (Å²) < 4.78 is 0. The van der Waals surface area contributed by atoms with Crippen molar-refractivity contribution in [3.8, 4) is 0 Å². The highest BCUT2D eigenvalue weighted by Gasteiger charge is 2.20. The highest BCUT2D eigenvalue weighted by molar-refractivity contribution is 5.49. The second-order valence-electron chi connectivity index (χ2n) is 4.44. The van der Waals surface area contributed by atoms with E-state index in [1.54, 1.807) is 0 Å².